The Labute approximate surface area is 141 Å². The maximum atomic E-state index is 12.1. The van der Waals surface area contributed by atoms with E-state index in [0.29, 0.717) is 5.92 Å². The van der Waals surface area contributed by atoms with Crippen molar-refractivity contribution in [3.05, 3.63) is 52.2 Å². The summed E-state index contributed by atoms with van der Waals surface area (Å²) in [7, 11) is 0. The molecule has 0 unspecified atom stereocenters. The standard InChI is InChI=1S/C18H23N5O/c24-17-10-16(20-18(21-17)23-7-1-2-8-23)15-5-9-22(13-15)12-14-4-3-6-19-11-14/h3-4,6,10-11,15H,1-2,5,7-9,12-13H2,(H,20,21,24)/t15-/m0/s1. The molecule has 2 aromatic heterocycles. The predicted molar refractivity (Wildman–Crippen MR) is 93.2 cm³/mol. The summed E-state index contributed by atoms with van der Waals surface area (Å²) in [5.41, 5.74) is 2.14. The Morgan fingerprint density at radius 2 is 2.12 bits per heavy atom. The minimum absolute atomic E-state index is 0.0346. The zero-order chi connectivity index (χ0) is 16.4. The first-order valence-corrected chi connectivity index (χ1v) is 8.75. The first-order valence-electron chi connectivity index (χ1n) is 8.75. The monoisotopic (exact) mass is 325 g/mol. The van der Waals surface area contributed by atoms with Crippen molar-refractivity contribution in [2.45, 2.75) is 31.7 Å². The predicted octanol–water partition coefficient (Wildman–Crippen LogP) is 1.75. The van der Waals surface area contributed by atoms with Crippen LogP contribution in [0.1, 0.15) is 36.4 Å². The summed E-state index contributed by atoms with van der Waals surface area (Å²) in [6.07, 6.45) is 7.13. The average molecular weight is 325 g/mol. The van der Waals surface area contributed by atoms with Crippen LogP contribution in [0.15, 0.2) is 35.4 Å². The first-order chi connectivity index (χ1) is 11.8. The Hall–Kier alpha value is -2.21. The Morgan fingerprint density at radius 3 is 2.92 bits per heavy atom. The van der Waals surface area contributed by atoms with Gasteiger partial charge in [0, 0.05) is 50.6 Å². The van der Waals surface area contributed by atoms with Gasteiger partial charge in [-0.3, -0.25) is 19.7 Å². The van der Waals surface area contributed by atoms with Gasteiger partial charge < -0.3 is 4.90 Å². The lowest BCUT2D eigenvalue weighted by Gasteiger charge is -2.18. The molecule has 2 aliphatic heterocycles. The molecule has 6 nitrogen and oxygen atoms in total. The van der Waals surface area contributed by atoms with Crippen molar-refractivity contribution in [1.82, 2.24) is 19.9 Å². The van der Waals surface area contributed by atoms with Crippen LogP contribution in [0.5, 0.6) is 0 Å². The number of hydrogen-bond acceptors (Lipinski definition) is 5. The summed E-state index contributed by atoms with van der Waals surface area (Å²) in [5, 5.41) is 0. The van der Waals surface area contributed by atoms with Crippen LogP contribution in [0.2, 0.25) is 0 Å². The van der Waals surface area contributed by atoms with Gasteiger partial charge in [0.2, 0.25) is 5.95 Å². The zero-order valence-electron chi connectivity index (χ0n) is 13.8. The third kappa shape index (κ3) is 3.33. The van der Waals surface area contributed by atoms with E-state index >= 15 is 0 Å². The topological polar surface area (TPSA) is 65.1 Å². The first kappa shape index (κ1) is 15.3. The molecule has 4 rings (SSSR count). The van der Waals surface area contributed by atoms with Crippen molar-refractivity contribution in [2.75, 3.05) is 31.1 Å². The second-order valence-corrected chi connectivity index (χ2v) is 6.77. The number of hydrogen-bond donors (Lipinski definition) is 1. The number of H-pyrrole nitrogens is 1. The molecule has 1 atom stereocenters. The lowest BCUT2D eigenvalue weighted by atomic mass is 10.1. The summed E-state index contributed by atoms with van der Waals surface area (Å²) in [5.74, 6) is 1.09. The van der Waals surface area contributed by atoms with E-state index in [1.807, 2.05) is 12.3 Å². The van der Waals surface area contributed by atoms with E-state index in [2.05, 4.69) is 25.8 Å². The number of nitrogens with one attached hydrogen (secondary N) is 1. The highest BCUT2D eigenvalue weighted by molar-refractivity contribution is 5.32. The highest BCUT2D eigenvalue weighted by atomic mass is 16.1. The van der Waals surface area contributed by atoms with Gasteiger partial charge in [0.25, 0.3) is 5.56 Å². The van der Waals surface area contributed by atoms with Crippen LogP contribution in [-0.4, -0.2) is 46.0 Å². The van der Waals surface area contributed by atoms with Gasteiger partial charge in [0.15, 0.2) is 0 Å². The number of anilines is 1. The van der Waals surface area contributed by atoms with Gasteiger partial charge in [0.05, 0.1) is 5.69 Å². The Morgan fingerprint density at radius 1 is 1.25 bits per heavy atom. The SMILES string of the molecule is O=c1cc([C@H]2CCN(Cc3cccnc3)C2)nc(N2CCCC2)[nH]1. The van der Waals surface area contributed by atoms with Crippen LogP contribution in [-0.2, 0) is 6.54 Å². The molecule has 0 amide bonds. The van der Waals surface area contributed by atoms with Crippen LogP contribution in [0, 0.1) is 0 Å². The maximum Gasteiger partial charge on any atom is 0.252 e. The van der Waals surface area contributed by atoms with Crippen LogP contribution >= 0.6 is 0 Å². The molecule has 2 fully saturated rings. The fraction of sp³-hybridized carbons (Fsp3) is 0.500. The molecule has 126 valence electrons. The molecule has 2 aromatic rings. The second kappa shape index (κ2) is 6.73. The van der Waals surface area contributed by atoms with Gasteiger partial charge >= 0.3 is 0 Å². The van der Waals surface area contributed by atoms with Gasteiger partial charge in [-0.2, -0.15) is 0 Å². The molecule has 0 bridgehead atoms. The van der Waals surface area contributed by atoms with Gasteiger partial charge in [-0.25, -0.2) is 4.98 Å². The summed E-state index contributed by atoms with van der Waals surface area (Å²) >= 11 is 0. The molecule has 6 heteroatoms. The largest absolute Gasteiger partial charge is 0.342 e. The number of aromatic nitrogens is 3. The smallest absolute Gasteiger partial charge is 0.252 e. The number of rotatable bonds is 4. The third-order valence-corrected chi connectivity index (χ3v) is 4.97. The second-order valence-electron chi connectivity index (χ2n) is 6.77. The van der Waals surface area contributed by atoms with E-state index in [9.17, 15) is 4.79 Å². The van der Waals surface area contributed by atoms with Crippen molar-refractivity contribution in [3.63, 3.8) is 0 Å². The average Bonchev–Trinajstić information content (AvgIpc) is 3.27. The van der Waals surface area contributed by atoms with E-state index < -0.39 is 0 Å². The minimum atomic E-state index is -0.0346. The molecule has 4 heterocycles. The van der Waals surface area contributed by atoms with E-state index in [4.69, 9.17) is 4.98 Å². The van der Waals surface area contributed by atoms with Gasteiger partial charge in [-0.1, -0.05) is 6.07 Å². The molecular weight excluding hydrogens is 302 g/mol. The van der Waals surface area contributed by atoms with Crippen molar-refractivity contribution < 1.29 is 0 Å². The van der Waals surface area contributed by atoms with Crippen LogP contribution < -0.4 is 10.5 Å². The molecule has 1 N–H and O–H groups in total. The number of nitrogens with zero attached hydrogens (tertiary/aromatic N) is 4. The summed E-state index contributed by atoms with van der Waals surface area (Å²) in [6, 6.07) is 5.76. The van der Waals surface area contributed by atoms with Gasteiger partial charge in [-0.05, 0) is 37.4 Å². The van der Waals surface area contributed by atoms with Gasteiger partial charge in [0.1, 0.15) is 0 Å². The molecule has 2 saturated heterocycles. The van der Waals surface area contributed by atoms with E-state index in [0.717, 1.165) is 50.8 Å². The molecule has 0 aromatic carbocycles. The molecule has 0 aliphatic carbocycles. The highest BCUT2D eigenvalue weighted by Crippen LogP contribution is 2.27. The fourth-order valence-electron chi connectivity index (χ4n) is 3.72. The quantitative estimate of drug-likeness (QED) is 0.928. The highest BCUT2D eigenvalue weighted by Gasteiger charge is 2.26. The Kier molecular flexibility index (Phi) is 4.30. The Balaban J connectivity index is 1.47. The number of likely N-dealkylation sites (tertiary alicyclic amines) is 1. The van der Waals surface area contributed by atoms with Crippen molar-refractivity contribution >= 4 is 5.95 Å². The summed E-state index contributed by atoms with van der Waals surface area (Å²) in [4.78, 5) is 28.5. The van der Waals surface area contributed by atoms with Crippen LogP contribution in [0.25, 0.3) is 0 Å². The van der Waals surface area contributed by atoms with Crippen LogP contribution in [0.4, 0.5) is 5.95 Å². The molecule has 2 aliphatic rings. The lowest BCUT2D eigenvalue weighted by molar-refractivity contribution is 0.326. The van der Waals surface area contributed by atoms with Gasteiger partial charge in [-0.15, -0.1) is 0 Å². The van der Waals surface area contributed by atoms with Crippen molar-refractivity contribution in [3.8, 4) is 0 Å². The van der Waals surface area contributed by atoms with Crippen LogP contribution in [0.3, 0.4) is 0 Å². The normalized spacial score (nSPS) is 21.5. The number of pyridine rings is 1. The molecular formula is C18H23N5O. The number of aromatic amines is 1. The molecule has 0 spiro atoms. The molecule has 0 radical (unpaired) electrons. The fourth-order valence-corrected chi connectivity index (χ4v) is 3.72. The van der Waals surface area contributed by atoms with Crippen molar-refractivity contribution in [1.29, 1.82) is 0 Å². The molecule has 0 saturated carbocycles. The van der Waals surface area contributed by atoms with E-state index in [1.165, 1.54) is 18.4 Å². The molecule has 24 heavy (non-hydrogen) atoms. The maximum absolute atomic E-state index is 12.1. The lowest BCUT2D eigenvalue weighted by Crippen LogP contribution is -2.25. The third-order valence-electron chi connectivity index (χ3n) is 4.97. The minimum Gasteiger partial charge on any atom is -0.342 e. The summed E-state index contributed by atoms with van der Waals surface area (Å²) in [6.45, 7) is 4.87. The zero-order valence-corrected chi connectivity index (χ0v) is 13.8. The van der Waals surface area contributed by atoms with E-state index in [1.54, 1.807) is 12.3 Å². The van der Waals surface area contributed by atoms with E-state index in [-0.39, 0.29) is 5.56 Å². The Bertz CT molecular complexity index is 739. The van der Waals surface area contributed by atoms with Crippen molar-refractivity contribution in [2.24, 2.45) is 0 Å². The summed E-state index contributed by atoms with van der Waals surface area (Å²) < 4.78 is 0.